The average Bonchev–Trinajstić information content (AvgIpc) is 3.25. The third kappa shape index (κ3) is 7.10. The molecule has 0 spiro atoms. The molecule has 1 aliphatic heterocycles. The van der Waals surface area contributed by atoms with Crippen molar-refractivity contribution in [2.45, 2.75) is 50.8 Å². The van der Waals surface area contributed by atoms with Crippen molar-refractivity contribution < 1.29 is 27.4 Å². The normalized spacial score (nSPS) is 14.7. The van der Waals surface area contributed by atoms with Crippen molar-refractivity contribution in [3.05, 3.63) is 58.6 Å². The van der Waals surface area contributed by atoms with Crippen molar-refractivity contribution in [3.8, 4) is 17.2 Å². The van der Waals surface area contributed by atoms with E-state index in [1.54, 1.807) is 37.4 Å². The largest absolute Gasteiger partial charge is 0.488 e. The first-order valence-corrected chi connectivity index (χ1v) is 15.0. The Bertz CT molecular complexity index is 1390. The third-order valence-electron chi connectivity index (χ3n) is 6.08. The summed E-state index contributed by atoms with van der Waals surface area (Å²) in [6, 6.07) is 11.5. The molecule has 4 rings (SSSR count). The summed E-state index contributed by atoms with van der Waals surface area (Å²) < 4.78 is 40.6. The van der Waals surface area contributed by atoms with Gasteiger partial charge in [-0.05, 0) is 57.2 Å². The van der Waals surface area contributed by atoms with Crippen LogP contribution in [0.2, 0.25) is 0 Å². The number of fused-ring (bicyclic) bond motifs is 1. The minimum absolute atomic E-state index is 0.193. The van der Waals surface area contributed by atoms with Crippen LogP contribution in [0, 0.1) is 0 Å². The predicted octanol–water partition coefficient (Wildman–Crippen LogP) is 4.77. The highest BCUT2D eigenvalue weighted by Crippen LogP contribution is 2.32. The molecule has 1 amide bonds. The molecule has 1 N–H and O–H groups in total. The summed E-state index contributed by atoms with van der Waals surface area (Å²) in [5.74, 6) is 0.901. The van der Waals surface area contributed by atoms with Gasteiger partial charge in [-0.3, -0.25) is 15.0 Å². The van der Waals surface area contributed by atoms with Gasteiger partial charge < -0.3 is 14.2 Å². The highest BCUT2D eigenvalue weighted by molar-refractivity contribution is 7.90. The second kappa shape index (κ2) is 11.8. The van der Waals surface area contributed by atoms with E-state index in [0.717, 1.165) is 31.5 Å². The van der Waals surface area contributed by atoms with E-state index < -0.39 is 9.84 Å². The van der Waals surface area contributed by atoms with Gasteiger partial charge in [-0.25, -0.2) is 13.4 Å². The number of hydrogen-bond donors (Lipinski definition) is 1. The highest BCUT2D eigenvalue weighted by atomic mass is 32.2. The number of nitrogens with zero attached hydrogens (tertiary/aromatic N) is 2. The maximum absolute atomic E-state index is 13.3. The molecule has 0 fully saturated rings. The SMILES string of the molecule is COCC(C)Oc1cc(Oc2ccc(S(C)(=O)=O)cc2)cc(C(=O)Nc2nc3c(s2)CN(C(C)C)CC3)c1. The fourth-order valence-corrected chi connectivity index (χ4v) is 5.76. The number of sulfone groups is 1. The number of thiazole rings is 1. The van der Waals surface area contributed by atoms with Crippen molar-refractivity contribution in [1.82, 2.24) is 9.88 Å². The standard InChI is InChI=1S/C27H33N3O6S2/c1-17(2)30-11-10-24-25(15-30)37-27(28-24)29-26(31)19-12-21(35-18(3)16-34-4)14-22(13-19)36-20-6-8-23(9-7-20)38(5,32)33/h6-9,12-14,17-18H,10-11,15-16H2,1-5H3,(H,28,29,31). The summed E-state index contributed by atoms with van der Waals surface area (Å²) in [5.41, 5.74) is 1.38. The van der Waals surface area contributed by atoms with E-state index in [1.165, 1.54) is 28.3 Å². The van der Waals surface area contributed by atoms with E-state index in [2.05, 4.69) is 29.0 Å². The second-order valence-electron chi connectivity index (χ2n) is 9.58. The minimum Gasteiger partial charge on any atom is -0.488 e. The summed E-state index contributed by atoms with van der Waals surface area (Å²) in [6.45, 7) is 8.37. The third-order valence-corrected chi connectivity index (χ3v) is 8.21. The Hall–Kier alpha value is -2.99. The van der Waals surface area contributed by atoms with Gasteiger partial charge in [0.2, 0.25) is 0 Å². The van der Waals surface area contributed by atoms with Crippen LogP contribution in [-0.2, 0) is 27.5 Å². The summed E-state index contributed by atoms with van der Waals surface area (Å²) in [6.07, 6.45) is 1.75. The Morgan fingerprint density at radius 3 is 2.47 bits per heavy atom. The van der Waals surface area contributed by atoms with Gasteiger partial charge in [0.15, 0.2) is 15.0 Å². The quantitative estimate of drug-likeness (QED) is 0.379. The van der Waals surface area contributed by atoms with E-state index in [0.29, 0.717) is 40.6 Å². The van der Waals surface area contributed by atoms with Crippen molar-refractivity contribution in [2.24, 2.45) is 0 Å². The number of carbonyl (C=O) groups is 1. The number of amides is 1. The van der Waals surface area contributed by atoms with Crippen LogP contribution in [0.15, 0.2) is 47.4 Å². The van der Waals surface area contributed by atoms with Crippen molar-refractivity contribution in [2.75, 3.05) is 31.8 Å². The number of anilines is 1. The smallest absolute Gasteiger partial charge is 0.257 e. The average molecular weight is 560 g/mol. The Morgan fingerprint density at radius 1 is 1.11 bits per heavy atom. The summed E-state index contributed by atoms with van der Waals surface area (Å²) in [4.78, 5) is 21.7. The van der Waals surface area contributed by atoms with Gasteiger partial charge in [-0.1, -0.05) is 0 Å². The maximum Gasteiger partial charge on any atom is 0.257 e. The number of methoxy groups -OCH3 is 1. The number of hydrogen-bond acceptors (Lipinski definition) is 9. The Balaban J connectivity index is 1.56. The predicted molar refractivity (Wildman–Crippen MR) is 147 cm³/mol. The van der Waals surface area contributed by atoms with E-state index in [1.807, 2.05) is 6.92 Å². The highest BCUT2D eigenvalue weighted by Gasteiger charge is 2.23. The topological polar surface area (TPSA) is 107 Å². The monoisotopic (exact) mass is 559 g/mol. The van der Waals surface area contributed by atoms with Crippen LogP contribution in [0.4, 0.5) is 5.13 Å². The number of nitrogens with one attached hydrogen (secondary N) is 1. The van der Waals surface area contributed by atoms with Crippen molar-refractivity contribution >= 4 is 32.2 Å². The van der Waals surface area contributed by atoms with Crippen LogP contribution >= 0.6 is 11.3 Å². The van der Waals surface area contributed by atoms with E-state index in [-0.39, 0.29) is 16.9 Å². The van der Waals surface area contributed by atoms with Crippen LogP contribution in [0.25, 0.3) is 0 Å². The van der Waals surface area contributed by atoms with Crippen molar-refractivity contribution in [3.63, 3.8) is 0 Å². The lowest BCUT2D eigenvalue weighted by Gasteiger charge is -2.29. The van der Waals surface area contributed by atoms with E-state index in [9.17, 15) is 13.2 Å². The molecule has 0 aliphatic carbocycles. The molecule has 2 aromatic carbocycles. The van der Waals surface area contributed by atoms with Crippen LogP contribution in [0.3, 0.4) is 0 Å². The number of benzene rings is 2. The van der Waals surface area contributed by atoms with Gasteiger partial charge in [0.1, 0.15) is 23.4 Å². The summed E-state index contributed by atoms with van der Waals surface area (Å²) in [5, 5.41) is 3.49. The molecule has 38 heavy (non-hydrogen) atoms. The molecule has 9 nitrogen and oxygen atoms in total. The molecule has 1 aromatic heterocycles. The van der Waals surface area contributed by atoms with Gasteiger partial charge in [0.05, 0.1) is 17.2 Å². The Labute approximate surface area is 227 Å². The van der Waals surface area contributed by atoms with Gasteiger partial charge in [0, 0.05) is 55.4 Å². The molecule has 1 aliphatic rings. The number of carbonyl (C=O) groups excluding carboxylic acids is 1. The molecule has 11 heteroatoms. The molecule has 0 saturated heterocycles. The lowest BCUT2D eigenvalue weighted by Crippen LogP contribution is -2.35. The van der Waals surface area contributed by atoms with E-state index >= 15 is 0 Å². The van der Waals surface area contributed by atoms with Gasteiger partial charge in [0.25, 0.3) is 5.91 Å². The molecule has 204 valence electrons. The molecule has 2 heterocycles. The number of rotatable bonds is 10. The molecular formula is C27H33N3O6S2. The first-order chi connectivity index (χ1) is 18.0. The minimum atomic E-state index is -3.32. The molecular weight excluding hydrogens is 526 g/mol. The molecule has 3 aromatic rings. The fraction of sp³-hybridized carbons (Fsp3) is 0.407. The lowest BCUT2D eigenvalue weighted by molar-refractivity contribution is 0.0916. The zero-order valence-corrected chi connectivity index (χ0v) is 23.8. The van der Waals surface area contributed by atoms with Crippen LogP contribution < -0.4 is 14.8 Å². The Morgan fingerprint density at radius 2 is 1.82 bits per heavy atom. The molecule has 1 atom stereocenters. The number of aromatic nitrogens is 1. The van der Waals surface area contributed by atoms with Crippen LogP contribution in [0.5, 0.6) is 17.2 Å². The zero-order chi connectivity index (χ0) is 27.4. The van der Waals surface area contributed by atoms with E-state index in [4.69, 9.17) is 14.2 Å². The zero-order valence-electron chi connectivity index (χ0n) is 22.2. The fourth-order valence-electron chi connectivity index (χ4n) is 4.10. The lowest BCUT2D eigenvalue weighted by atomic mass is 10.1. The van der Waals surface area contributed by atoms with Crippen molar-refractivity contribution in [1.29, 1.82) is 0 Å². The Kier molecular flexibility index (Phi) is 8.71. The van der Waals surface area contributed by atoms with Crippen LogP contribution in [0.1, 0.15) is 41.7 Å². The molecule has 0 saturated carbocycles. The summed E-state index contributed by atoms with van der Waals surface area (Å²) in [7, 11) is -1.73. The first kappa shape index (κ1) is 28.0. The first-order valence-electron chi connectivity index (χ1n) is 12.3. The second-order valence-corrected chi connectivity index (χ2v) is 12.7. The van der Waals surface area contributed by atoms with Gasteiger partial charge in [-0.15, -0.1) is 11.3 Å². The van der Waals surface area contributed by atoms with Gasteiger partial charge in [-0.2, -0.15) is 0 Å². The molecule has 1 unspecified atom stereocenters. The maximum atomic E-state index is 13.3. The van der Waals surface area contributed by atoms with Crippen LogP contribution in [-0.4, -0.2) is 62.9 Å². The number of ether oxygens (including phenoxy) is 3. The van der Waals surface area contributed by atoms with Gasteiger partial charge >= 0.3 is 0 Å². The summed E-state index contributed by atoms with van der Waals surface area (Å²) >= 11 is 1.50. The molecule has 0 radical (unpaired) electrons. The molecule has 0 bridgehead atoms.